The molecule has 4 fully saturated rings. The zero-order chi connectivity index (χ0) is 17.5. The maximum Gasteiger partial charge on any atom is 0.139 e. The van der Waals surface area contributed by atoms with Gasteiger partial charge in [0.1, 0.15) is 11.4 Å². The van der Waals surface area contributed by atoms with Gasteiger partial charge in [0.25, 0.3) is 0 Å². The Morgan fingerprint density at radius 1 is 1.00 bits per heavy atom. The molecule has 0 saturated heterocycles. The second kappa shape index (κ2) is 5.03. The summed E-state index contributed by atoms with van der Waals surface area (Å²) in [6.45, 7) is 3.96. The number of rotatable bonds is 0. The molecule has 0 aromatic heterocycles. The van der Waals surface area contributed by atoms with E-state index in [1.807, 2.05) is 6.92 Å². The topological polar surface area (TPSA) is 98.0 Å². The SMILES string of the molecule is CC12CCC3C(CC(O)C4(O)CC(O)CC(O)C34C)C1CCC2=O. The smallest absolute Gasteiger partial charge is 0.139 e. The number of fused-ring (bicyclic) bond motifs is 5. The van der Waals surface area contributed by atoms with Gasteiger partial charge in [-0.2, -0.15) is 0 Å². The first-order valence-electron chi connectivity index (χ1n) is 9.44. The lowest BCUT2D eigenvalue weighted by Crippen LogP contribution is -2.72. The lowest BCUT2D eigenvalue weighted by Gasteiger charge is -2.65. The summed E-state index contributed by atoms with van der Waals surface area (Å²) in [7, 11) is 0. The molecule has 0 amide bonds. The van der Waals surface area contributed by atoms with E-state index >= 15 is 0 Å². The van der Waals surface area contributed by atoms with Gasteiger partial charge in [-0.3, -0.25) is 4.79 Å². The van der Waals surface area contributed by atoms with E-state index in [0.717, 1.165) is 19.3 Å². The Bertz CT molecular complexity index is 564. The first-order chi connectivity index (χ1) is 11.1. The quantitative estimate of drug-likeness (QED) is 0.529. The standard InChI is InChI=1S/C19H30O5/c1-17-6-5-13-11(12(17)3-4-14(17)21)8-16(23)19(24)9-10(20)7-15(22)18(13,19)2/h10-13,15-16,20,22-24H,3-9H2,1-2H3. The molecule has 4 N–H and O–H groups in total. The van der Waals surface area contributed by atoms with Crippen molar-refractivity contribution >= 4 is 5.78 Å². The molecule has 0 bridgehead atoms. The first kappa shape index (κ1) is 17.0. The van der Waals surface area contributed by atoms with Crippen molar-refractivity contribution in [2.45, 2.75) is 82.7 Å². The lowest BCUT2D eigenvalue weighted by atomic mass is 9.42. The number of hydrogen-bond donors (Lipinski definition) is 4. The van der Waals surface area contributed by atoms with Crippen LogP contribution in [-0.4, -0.2) is 50.1 Å². The average Bonchev–Trinajstić information content (AvgIpc) is 2.80. The lowest BCUT2D eigenvalue weighted by molar-refractivity contribution is -0.293. The molecule has 5 heteroatoms. The fourth-order valence-electron chi connectivity index (χ4n) is 7.10. The summed E-state index contributed by atoms with van der Waals surface area (Å²) in [6, 6.07) is 0. The van der Waals surface area contributed by atoms with Gasteiger partial charge in [0, 0.05) is 23.7 Å². The highest BCUT2D eigenvalue weighted by molar-refractivity contribution is 5.87. The van der Waals surface area contributed by atoms with Crippen LogP contribution in [0, 0.1) is 28.6 Å². The summed E-state index contributed by atoms with van der Waals surface area (Å²) in [6.07, 6.45) is 1.30. The second-order valence-corrected chi connectivity index (χ2v) is 9.36. The van der Waals surface area contributed by atoms with Crippen molar-refractivity contribution in [1.29, 1.82) is 0 Å². The van der Waals surface area contributed by atoms with E-state index in [4.69, 9.17) is 0 Å². The zero-order valence-electron chi connectivity index (χ0n) is 14.6. The Kier molecular flexibility index (Phi) is 3.55. The van der Waals surface area contributed by atoms with Crippen LogP contribution in [0.2, 0.25) is 0 Å². The molecule has 0 aliphatic heterocycles. The molecule has 5 nitrogen and oxygen atoms in total. The van der Waals surface area contributed by atoms with Crippen molar-refractivity contribution in [2.24, 2.45) is 28.6 Å². The Morgan fingerprint density at radius 2 is 1.71 bits per heavy atom. The van der Waals surface area contributed by atoms with Gasteiger partial charge in [0.2, 0.25) is 0 Å². The summed E-state index contributed by atoms with van der Waals surface area (Å²) in [5.74, 6) is 0.808. The Hall–Kier alpha value is -0.490. The van der Waals surface area contributed by atoms with E-state index in [1.165, 1.54) is 0 Å². The van der Waals surface area contributed by atoms with Gasteiger partial charge in [-0.1, -0.05) is 13.8 Å². The van der Waals surface area contributed by atoms with Crippen LogP contribution in [0.25, 0.3) is 0 Å². The minimum Gasteiger partial charge on any atom is -0.393 e. The minimum atomic E-state index is -1.46. The number of aliphatic hydroxyl groups excluding tert-OH is 3. The highest BCUT2D eigenvalue weighted by atomic mass is 16.4. The van der Waals surface area contributed by atoms with Gasteiger partial charge < -0.3 is 20.4 Å². The van der Waals surface area contributed by atoms with E-state index in [0.29, 0.717) is 18.6 Å². The molecular formula is C19H30O5. The molecule has 4 saturated carbocycles. The van der Waals surface area contributed by atoms with Crippen LogP contribution in [-0.2, 0) is 4.79 Å². The molecule has 9 atom stereocenters. The van der Waals surface area contributed by atoms with Gasteiger partial charge in [-0.25, -0.2) is 0 Å². The third-order valence-electron chi connectivity index (χ3n) is 8.63. The van der Waals surface area contributed by atoms with E-state index < -0.39 is 29.3 Å². The molecule has 4 aliphatic carbocycles. The van der Waals surface area contributed by atoms with E-state index in [-0.39, 0.29) is 36.0 Å². The number of hydrogen-bond acceptors (Lipinski definition) is 5. The van der Waals surface area contributed by atoms with Gasteiger partial charge >= 0.3 is 0 Å². The number of Topliss-reactive ketones (excluding diaryl/α,β-unsaturated/α-hetero) is 1. The summed E-state index contributed by atoms with van der Waals surface area (Å²) in [5.41, 5.74) is -2.59. The molecule has 4 rings (SSSR count). The molecule has 24 heavy (non-hydrogen) atoms. The summed E-state index contributed by atoms with van der Waals surface area (Å²) in [4.78, 5) is 12.4. The molecule has 0 radical (unpaired) electrons. The van der Waals surface area contributed by atoms with Crippen LogP contribution in [0.3, 0.4) is 0 Å². The van der Waals surface area contributed by atoms with Crippen LogP contribution in [0.1, 0.15) is 58.8 Å². The number of aliphatic hydroxyl groups is 4. The molecular weight excluding hydrogens is 308 g/mol. The van der Waals surface area contributed by atoms with Crippen LogP contribution in [0.15, 0.2) is 0 Å². The van der Waals surface area contributed by atoms with E-state index in [1.54, 1.807) is 0 Å². The fourth-order valence-corrected chi connectivity index (χ4v) is 7.10. The van der Waals surface area contributed by atoms with Crippen LogP contribution < -0.4 is 0 Å². The predicted molar refractivity (Wildman–Crippen MR) is 87.0 cm³/mol. The van der Waals surface area contributed by atoms with Gasteiger partial charge in [0.15, 0.2) is 0 Å². The Morgan fingerprint density at radius 3 is 2.42 bits per heavy atom. The fraction of sp³-hybridized carbons (Fsp3) is 0.947. The molecule has 0 aromatic carbocycles. The first-order valence-corrected chi connectivity index (χ1v) is 9.44. The van der Waals surface area contributed by atoms with Gasteiger partial charge in [-0.05, 0) is 49.9 Å². The Balaban J connectivity index is 1.76. The number of ketones is 1. The van der Waals surface area contributed by atoms with Crippen molar-refractivity contribution in [1.82, 2.24) is 0 Å². The van der Waals surface area contributed by atoms with Crippen LogP contribution >= 0.6 is 0 Å². The molecule has 0 heterocycles. The molecule has 4 aliphatic rings. The van der Waals surface area contributed by atoms with Crippen molar-refractivity contribution in [3.8, 4) is 0 Å². The summed E-state index contributed by atoms with van der Waals surface area (Å²) in [5, 5.41) is 43.0. The molecule has 136 valence electrons. The highest BCUT2D eigenvalue weighted by Crippen LogP contribution is 2.66. The zero-order valence-corrected chi connectivity index (χ0v) is 14.6. The molecule has 0 aromatic rings. The van der Waals surface area contributed by atoms with Crippen molar-refractivity contribution in [3.63, 3.8) is 0 Å². The highest BCUT2D eigenvalue weighted by Gasteiger charge is 2.69. The molecule has 9 unspecified atom stereocenters. The minimum absolute atomic E-state index is 0.0809. The maximum atomic E-state index is 12.4. The monoisotopic (exact) mass is 338 g/mol. The van der Waals surface area contributed by atoms with Crippen molar-refractivity contribution in [3.05, 3.63) is 0 Å². The van der Waals surface area contributed by atoms with Gasteiger partial charge in [0.05, 0.1) is 18.3 Å². The molecule has 0 spiro atoms. The number of carbonyl (C=O) groups is 1. The van der Waals surface area contributed by atoms with E-state index in [2.05, 4.69) is 6.92 Å². The summed E-state index contributed by atoms with van der Waals surface area (Å²) >= 11 is 0. The van der Waals surface area contributed by atoms with E-state index in [9.17, 15) is 25.2 Å². The predicted octanol–water partition coefficient (Wildman–Crippen LogP) is 1.02. The third kappa shape index (κ3) is 1.82. The average molecular weight is 338 g/mol. The van der Waals surface area contributed by atoms with Gasteiger partial charge in [-0.15, -0.1) is 0 Å². The van der Waals surface area contributed by atoms with Crippen molar-refractivity contribution < 1.29 is 25.2 Å². The summed E-state index contributed by atoms with van der Waals surface area (Å²) < 4.78 is 0. The van der Waals surface area contributed by atoms with Crippen molar-refractivity contribution in [2.75, 3.05) is 0 Å². The third-order valence-corrected chi connectivity index (χ3v) is 8.63. The van der Waals surface area contributed by atoms with Crippen LogP contribution in [0.4, 0.5) is 0 Å². The maximum absolute atomic E-state index is 12.4. The Labute approximate surface area is 143 Å². The van der Waals surface area contributed by atoms with Crippen LogP contribution in [0.5, 0.6) is 0 Å². The normalized spacial score (nSPS) is 60.3. The number of carbonyl (C=O) groups excluding carboxylic acids is 1. The largest absolute Gasteiger partial charge is 0.393 e. The second-order valence-electron chi connectivity index (χ2n) is 9.36.